The molecule has 9 nitrogen and oxygen atoms in total. The number of pyridine rings is 1. The number of nitrogens with one attached hydrogen (secondary N) is 1. The maximum Gasteiger partial charge on any atom is 0.341 e. The molecule has 4 rings (SSSR count). The number of nitrogens with two attached hydrogens (primary N) is 1. The zero-order valence-corrected chi connectivity index (χ0v) is 15.7. The highest BCUT2D eigenvalue weighted by molar-refractivity contribution is 6.23. The smallest absolute Gasteiger partial charge is 0.341 e. The fraction of sp³-hybridized carbons (Fsp3) is 0.0476. The number of nitrogen functional groups attached to an aromatic ring is 1. The first kappa shape index (κ1) is 18.9. The number of para-hydroxylation sites is 1. The lowest BCUT2D eigenvalue weighted by atomic mass is 10.1. The number of hydrogen-bond donors (Lipinski definition) is 2. The molecule has 0 atom stereocenters. The van der Waals surface area contributed by atoms with E-state index in [9.17, 15) is 19.2 Å². The minimum Gasteiger partial charge on any atom is -0.465 e. The second-order valence-corrected chi connectivity index (χ2v) is 6.36. The Labute approximate surface area is 169 Å². The summed E-state index contributed by atoms with van der Waals surface area (Å²) in [7, 11) is 1.28. The molecule has 3 N–H and O–H groups in total. The van der Waals surface area contributed by atoms with Gasteiger partial charge in [0.25, 0.3) is 17.4 Å². The van der Waals surface area contributed by atoms with Gasteiger partial charge in [-0.1, -0.05) is 12.1 Å². The highest BCUT2D eigenvalue weighted by Crippen LogP contribution is 2.28. The van der Waals surface area contributed by atoms with Gasteiger partial charge in [0.05, 0.1) is 23.9 Å². The number of hydrogen-bond acceptors (Lipinski definition) is 7. The monoisotopic (exact) mass is 405 g/mol. The van der Waals surface area contributed by atoms with Gasteiger partial charge in [-0.25, -0.2) is 4.79 Å². The van der Waals surface area contributed by atoms with Gasteiger partial charge in [0, 0.05) is 6.07 Å². The van der Waals surface area contributed by atoms with Crippen molar-refractivity contribution >= 4 is 23.6 Å². The second kappa shape index (κ2) is 7.21. The number of ether oxygens (including phenoxy) is 2. The summed E-state index contributed by atoms with van der Waals surface area (Å²) in [6.07, 6.45) is 0. The number of nitrogens with zero attached hydrogens (tertiary/aromatic N) is 1. The predicted octanol–water partition coefficient (Wildman–Crippen LogP) is 1.88. The van der Waals surface area contributed by atoms with Crippen LogP contribution in [0.2, 0.25) is 0 Å². The molecule has 1 aliphatic heterocycles. The molecule has 30 heavy (non-hydrogen) atoms. The van der Waals surface area contributed by atoms with Gasteiger partial charge in [-0.2, -0.15) is 0 Å². The van der Waals surface area contributed by atoms with Crippen LogP contribution in [0.1, 0.15) is 31.1 Å². The lowest BCUT2D eigenvalue weighted by Crippen LogP contribution is -2.24. The van der Waals surface area contributed by atoms with Crippen molar-refractivity contribution in [3.8, 4) is 17.2 Å². The van der Waals surface area contributed by atoms with E-state index >= 15 is 0 Å². The molecule has 2 heterocycles. The average molecular weight is 405 g/mol. The van der Waals surface area contributed by atoms with Crippen molar-refractivity contribution in [2.75, 3.05) is 12.8 Å². The van der Waals surface area contributed by atoms with Gasteiger partial charge in [-0.05, 0) is 36.4 Å². The fourth-order valence-corrected chi connectivity index (χ4v) is 3.17. The van der Waals surface area contributed by atoms with Crippen LogP contribution in [0.5, 0.6) is 11.5 Å². The van der Waals surface area contributed by atoms with E-state index in [1.165, 1.54) is 7.11 Å². The molecule has 1 aromatic heterocycles. The minimum absolute atomic E-state index is 0.0352. The summed E-state index contributed by atoms with van der Waals surface area (Å²) in [4.78, 5) is 48.1. The van der Waals surface area contributed by atoms with E-state index in [1.54, 1.807) is 48.5 Å². The number of aromatic nitrogens is 1. The molecule has 0 unspecified atom stereocenters. The summed E-state index contributed by atoms with van der Waals surface area (Å²) in [5, 5.41) is 2.12. The molecule has 0 spiro atoms. The highest BCUT2D eigenvalue weighted by atomic mass is 16.5. The summed E-state index contributed by atoms with van der Waals surface area (Å²) in [5.74, 6) is -1.27. The Kier molecular flexibility index (Phi) is 4.55. The van der Waals surface area contributed by atoms with E-state index in [1.807, 2.05) is 0 Å². The van der Waals surface area contributed by atoms with Gasteiger partial charge in [0.15, 0.2) is 0 Å². The van der Waals surface area contributed by atoms with Gasteiger partial charge in [0.1, 0.15) is 22.9 Å². The van der Waals surface area contributed by atoms with Crippen molar-refractivity contribution < 1.29 is 23.9 Å². The third-order valence-corrected chi connectivity index (χ3v) is 4.57. The predicted molar refractivity (Wildman–Crippen MR) is 106 cm³/mol. The molecule has 0 saturated heterocycles. The van der Waals surface area contributed by atoms with E-state index in [4.69, 9.17) is 15.2 Å². The van der Waals surface area contributed by atoms with E-state index < -0.39 is 23.3 Å². The first-order valence-corrected chi connectivity index (χ1v) is 8.77. The number of rotatable bonds is 4. The summed E-state index contributed by atoms with van der Waals surface area (Å²) < 4.78 is 11.6. The lowest BCUT2D eigenvalue weighted by molar-refractivity contribution is 0.0597. The molecule has 0 radical (unpaired) electrons. The van der Waals surface area contributed by atoms with Crippen LogP contribution in [-0.2, 0) is 4.74 Å². The number of carbonyl (C=O) groups is 3. The fourth-order valence-electron chi connectivity index (χ4n) is 3.17. The van der Waals surface area contributed by atoms with Gasteiger partial charge in [-0.3, -0.25) is 24.3 Å². The SMILES string of the molecule is COC(=O)c1ccccc1Oc1ccc(-n2c(N)c3c(cc2=O)C(=O)NC3=O)cc1. The van der Waals surface area contributed by atoms with Crippen LogP contribution >= 0.6 is 0 Å². The van der Waals surface area contributed by atoms with Crippen LogP contribution in [0, 0.1) is 0 Å². The molecule has 1 aliphatic rings. The Bertz CT molecular complexity index is 1260. The van der Waals surface area contributed by atoms with Crippen LogP contribution < -0.4 is 21.3 Å². The zero-order chi connectivity index (χ0) is 21.4. The van der Waals surface area contributed by atoms with E-state index in [-0.39, 0.29) is 22.5 Å². The first-order chi connectivity index (χ1) is 14.4. The lowest BCUT2D eigenvalue weighted by Gasteiger charge is -2.13. The van der Waals surface area contributed by atoms with Crippen LogP contribution in [-0.4, -0.2) is 29.5 Å². The summed E-state index contributed by atoms with van der Waals surface area (Å²) >= 11 is 0. The van der Waals surface area contributed by atoms with Crippen molar-refractivity contribution in [1.82, 2.24) is 9.88 Å². The molecule has 0 saturated carbocycles. The number of amides is 2. The van der Waals surface area contributed by atoms with Gasteiger partial charge in [-0.15, -0.1) is 0 Å². The Morgan fingerprint density at radius 1 is 1.00 bits per heavy atom. The maximum absolute atomic E-state index is 12.5. The molecule has 2 aromatic carbocycles. The zero-order valence-electron chi connectivity index (χ0n) is 15.7. The Morgan fingerprint density at radius 3 is 2.40 bits per heavy atom. The number of esters is 1. The highest BCUT2D eigenvalue weighted by Gasteiger charge is 2.31. The van der Waals surface area contributed by atoms with Gasteiger partial charge in [0.2, 0.25) is 0 Å². The Balaban J connectivity index is 1.69. The molecular formula is C21H15N3O6. The minimum atomic E-state index is -0.654. The van der Waals surface area contributed by atoms with Crippen molar-refractivity contribution in [3.05, 3.63) is 81.6 Å². The van der Waals surface area contributed by atoms with E-state index in [2.05, 4.69) is 5.32 Å². The molecule has 0 fully saturated rings. The number of imide groups is 1. The summed E-state index contributed by atoms with van der Waals surface area (Å²) in [6.45, 7) is 0. The summed E-state index contributed by atoms with van der Waals surface area (Å²) in [5.41, 5.74) is 6.02. The van der Waals surface area contributed by atoms with E-state index in [0.717, 1.165) is 10.6 Å². The third-order valence-electron chi connectivity index (χ3n) is 4.57. The van der Waals surface area contributed by atoms with Crippen molar-refractivity contribution in [1.29, 1.82) is 0 Å². The normalized spacial score (nSPS) is 12.3. The molecule has 0 aliphatic carbocycles. The van der Waals surface area contributed by atoms with Crippen LogP contribution in [0.15, 0.2) is 59.4 Å². The molecule has 0 bridgehead atoms. The number of methoxy groups -OCH3 is 1. The second-order valence-electron chi connectivity index (χ2n) is 6.36. The van der Waals surface area contributed by atoms with Gasteiger partial charge < -0.3 is 15.2 Å². The molecule has 2 amide bonds. The Hall–Kier alpha value is -4.40. The van der Waals surface area contributed by atoms with Crippen molar-refractivity contribution in [3.63, 3.8) is 0 Å². The number of anilines is 1. The van der Waals surface area contributed by atoms with Crippen LogP contribution in [0.4, 0.5) is 5.82 Å². The number of fused-ring (bicyclic) bond motifs is 1. The number of carbonyl (C=O) groups excluding carboxylic acids is 3. The molecule has 9 heteroatoms. The van der Waals surface area contributed by atoms with Crippen LogP contribution in [0.25, 0.3) is 5.69 Å². The molecular weight excluding hydrogens is 390 g/mol. The molecule has 3 aromatic rings. The standard InChI is InChI=1S/C21H15N3O6/c1-29-21(28)13-4-2-3-5-15(13)30-12-8-6-11(7-9-12)24-16(25)10-14-17(18(24)22)20(27)23-19(14)26/h2-10H,22H2,1H3,(H,23,26,27). The quantitative estimate of drug-likeness (QED) is 0.501. The molecule has 150 valence electrons. The van der Waals surface area contributed by atoms with Gasteiger partial charge >= 0.3 is 5.97 Å². The first-order valence-electron chi connectivity index (χ1n) is 8.77. The average Bonchev–Trinajstić information content (AvgIpc) is 3.02. The van der Waals surface area contributed by atoms with Crippen molar-refractivity contribution in [2.45, 2.75) is 0 Å². The largest absolute Gasteiger partial charge is 0.465 e. The third kappa shape index (κ3) is 3.08. The van der Waals surface area contributed by atoms with E-state index in [0.29, 0.717) is 17.2 Å². The van der Waals surface area contributed by atoms with Crippen LogP contribution in [0.3, 0.4) is 0 Å². The maximum atomic E-state index is 12.5. The van der Waals surface area contributed by atoms with Crippen molar-refractivity contribution in [2.24, 2.45) is 0 Å². The topological polar surface area (TPSA) is 130 Å². The Morgan fingerprint density at radius 2 is 1.70 bits per heavy atom. The summed E-state index contributed by atoms with van der Waals surface area (Å²) in [6, 6.07) is 14.0. The number of benzene rings is 2.